The van der Waals surface area contributed by atoms with E-state index < -0.39 is 24.1 Å². The molecule has 1 aromatic heterocycles. The van der Waals surface area contributed by atoms with Crippen molar-refractivity contribution in [3.05, 3.63) is 16.6 Å². The summed E-state index contributed by atoms with van der Waals surface area (Å²) in [6, 6.07) is -1.76. The molecule has 0 radical (unpaired) electrons. The van der Waals surface area contributed by atoms with Gasteiger partial charge in [-0.05, 0) is 6.92 Å². The lowest BCUT2D eigenvalue weighted by molar-refractivity contribution is -0.141. The highest BCUT2D eigenvalue weighted by atomic mass is 32.1. The van der Waals surface area contributed by atoms with Crippen LogP contribution >= 0.6 is 11.3 Å². The number of hydrogen-bond donors (Lipinski definition) is 3. The number of carbonyl (C=O) groups is 2. The first kappa shape index (κ1) is 13.8. The van der Waals surface area contributed by atoms with Crippen molar-refractivity contribution in [2.75, 3.05) is 6.54 Å². The van der Waals surface area contributed by atoms with Crippen LogP contribution in [0.15, 0.2) is 11.6 Å². The van der Waals surface area contributed by atoms with E-state index in [2.05, 4.69) is 10.3 Å². The number of likely N-dealkylation sites (tertiary alicyclic amines) is 1. The zero-order valence-corrected chi connectivity index (χ0v) is 11.1. The molecule has 7 nitrogen and oxygen atoms in total. The van der Waals surface area contributed by atoms with E-state index in [-0.39, 0.29) is 19.0 Å². The zero-order chi connectivity index (χ0) is 14.0. The minimum absolute atomic E-state index is 0.0351. The molecule has 2 rings (SSSR count). The second-order valence-electron chi connectivity index (χ2n) is 4.44. The number of nitrogens with one attached hydrogen (secondary N) is 1. The lowest BCUT2D eigenvalue weighted by Crippen LogP contribution is -2.46. The van der Waals surface area contributed by atoms with E-state index in [1.807, 2.05) is 0 Å². The van der Waals surface area contributed by atoms with Crippen molar-refractivity contribution in [3.63, 3.8) is 0 Å². The first-order chi connectivity index (χ1) is 8.99. The molecule has 0 spiro atoms. The predicted octanol–water partition coefficient (Wildman–Crippen LogP) is 0.433. The Morgan fingerprint density at radius 3 is 2.95 bits per heavy atom. The molecule has 3 atom stereocenters. The molecule has 0 saturated carbocycles. The second kappa shape index (κ2) is 5.54. The van der Waals surface area contributed by atoms with Crippen molar-refractivity contribution in [2.45, 2.75) is 31.5 Å². The molecule has 0 aromatic carbocycles. The van der Waals surface area contributed by atoms with Crippen LogP contribution in [0, 0.1) is 0 Å². The fraction of sp³-hybridized carbons (Fsp3) is 0.545. The number of carbonyl (C=O) groups excluding carboxylic acids is 1. The number of aliphatic hydroxyl groups excluding tert-OH is 1. The molecular weight excluding hydrogens is 270 g/mol. The maximum atomic E-state index is 12.0. The topological polar surface area (TPSA) is 103 Å². The Labute approximate surface area is 113 Å². The van der Waals surface area contributed by atoms with Crippen LogP contribution in [0.5, 0.6) is 0 Å². The Kier molecular flexibility index (Phi) is 4.01. The number of nitrogens with zero attached hydrogens (tertiary/aromatic N) is 2. The largest absolute Gasteiger partial charge is 0.480 e. The number of rotatable bonds is 3. The summed E-state index contributed by atoms with van der Waals surface area (Å²) in [6.45, 7) is 1.81. The van der Waals surface area contributed by atoms with Gasteiger partial charge in [0, 0.05) is 24.5 Å². The Morgan fingerprint density at radius 2 is 2.37 bits per heavy atom. The van der Waals surface area contributed by atoms with Crippen LogP contribution in [0.3, 0.4) is 0 Å². The molecule has 1 saturated heterocycles. The van der Waals surface area contributed by atoms with Gasteiger partial charge >= 0.3 is 12.0 Å². The fourth-order valence-corrected chi connectivity index (χ4v) is 2.70. The molecule has 1 aliphatic rings. The number of aromatic nitrogens is 1. The minimum Gasteiger partial charge on any atom is -0.480 e. The Balaban J connectivity index is 2.01. The average Bonchev–Trinajstić information content (AvgIpc) is 2.96. The Hall–Kier alpha value is -1.67. The molecule has 8 heteroatoms. The van der Waals surface area contributed by atoms with Crippen molar-refractivity contribution in [1.29, 1.82) is 0 Å². The molecule has 1 aromatic rings. The van der Waals surface area contributed by atoms with Crippen LogP contribution in [-0.2, 0) is 4.79 Å². The molecule has 104 valence electrons. The van der Waals surface area contributed by atoms with E-state index in [4.69, 9.17) is 5.11 Å². The molecule has 3 unspecified atom stereocenters. The summed E-state index contributed by atoms with van der Waals surface area (Å²) < 4.78 is 0. The molecule has 3 N–H and O–H groups in total. The van der Waals surface area contributed by atoms with Crippen LogP contribution in [0.2, 0.25) is 0 Å². The van der Waals surface area contributed by atoms with Gasteiger partial charge in [-0.2, -0.15) is 0 Å². The number of β-amino-alcohol motifs (C(OH)–C–C–N with tert-alkyl or cyclic N) is 1. The third-order valence-corrected chi connectivity index (χ3v) is 3.95. The standard InChI is InChI=1S/C11H15N3O4S/c1-6(9-12-2-3-19-9)13-11(18)14-5-7(15)4-8(14)10(16)17/h2-3,6-8,15H,4-5H2,1H3,(H,13,18)(H,16,17). The second-order valence-corrected chi connectivity index (χ2v) is 5.36. The van der Waals surface area contributed by atoms with E-state index in [0.717, 1.165) is 9.91 Å². The van der Waals surface area contributed by atoms with Gasteiger partial charge in [0.25, 0.3) is 0 Å². The van der Waals surface area contributed by atoms with Crippen LogP contribution in [0.25, 0.3) is 0 Å². The molecule has 1 aliphatic heterocycles. The number of amides is 2. The number of thiazole rings is 1. The summed E-state index contributed by atoms with van der Waals surface area (Å²) in [5.41, 5.74) is 0. The molecule has 2 amide bonds. The SMILES string of the molecule is CC(NC(=O)N1CC(O)CC1C(=O)O)c1nccs1. The van der Waals surface area contributed by atoms with E-state index in [1.54, 1.807) is 18.5 Å². The summed E-state index contributed by atoms with van der Waals surface area (Å²) >= 11 is 1.41. The van der Waals surface area contributed by atoms with Crippen LogP contribution < -0.4 is 5.32 Å². The van der Waals surface area contributed by atoms with Gasteiger partial charge in [-0.3, -0.25) is 0 Å². The third-order valence-electron chi connectivity index (χ3n) is 2.99. The lowest BCUT2D eigenvalue weighted by Gasteiger charge is -2.23. The highest BCUT2D eigenvalue weighted by Gasteiger charge is 2.39. The first-order valence-corrected chi connectivity index (χ1v) is 6.74. The van der Waals surface area contributed by atoms with E-state index in [1.165, 1.54) is 11.3 Å². The summed E-state index contributed by atoms with van der Waals surface area (Å²) in [5, 5.41) is 23.8. The van der Waals surface area contributed by atoms with Crippen molar-refractivity contribution >= 4 is 23.3 Å². The van der Waals surface area contributed by atoms with E-state index in [9.17, 15) is 14.7 Å². The number of aliphatic hydroxyl groups is 1. The van der Waals surface area contributed by atoms with Crippen LogP contribution in [0.1, 0.15) is 24.4 Å². The molecule has 0 aliphatic carbocycles. The third kappa shape index (κ3) is 3.02. The van der Waals surface area contributed by atoms with Gasteiger partial charge in [0.1, 0.15) is 11.0 Å². The maximum Gasteiger partial charge on any atom is 0.326 e. The van der Waals surface area contributed by atoms with Crippen molar-refractivity contribution in [1.82, 2.24) is 15.2 Å². The number of urea groups is 1. The number of carboxylic acid groups (broad SMARTS) is 1. The quantitative estimate of drug-likeness (QED) is 0.747. The monoisotopic (exact) mass is 285 g/mol. The van der Waals surface area contributed by atoms with Crippen molar-refractivity contribution < 1.29 is 19.8 Å². The van der Waals surface area contributed by atoms with Gasteiger partial charge in [-0.25, -0.2) is 14.6 Å². The minimum atomic E-state index is -1.10. The van der Waals surface area contributed by atoms with Gasteiger partial charge in [-0.1, -0.05) is 0 Å². The van der Waals surface area contributed by atoms with Gasteiger partial charge in [0.05, 0.1) is 12.1 Å². The maximum absolute atomic E-state index is 12.0. The van der Waals surface area contributed by atoms with Gasteiger partial charge in [-0.15, -0.1) is 11.3 Å². The molecule has 0 bridgehead atoms. The number of carboxylic acids is 1. The highest BCUT2D eigenvalue weighted by Crippen LogP contribution is 2.20. The average molecular weight is 285 g/mol. The summed E-state index contributed by atoms with van der Waals surface area (Å²) in [5.74, 6) is -1.10. The van der Waals surface area contributed by atoms with Crippen molar-refractivity contribution in [2.24, 2.45) is 0 Å². The summed E-state index contributed by atoms with van der Waals surface area (Å²) in [6.07, 6.45) is 0.915. The number of aliphatic carboxylic acids is 1. The van der Waals surface area contributed by atoms with Crippen LogP contribution in [0.4, 0.5) is 4.79 Å². The molecular formula is C11H15N3O4S. The molecule has 19 heavy (non-hydrogen) atoms. The predicted molar refractivity (Wildman–Crippen MR) is 67.8 cm³/mol. The summed E-state index contributed by atoms with van der Waals surface area (Å²) in [7, 11) is 0. The fourth-order valence-electron chi connectivity index (χ4n) is 2.05. The Bertz CT molecular complexity index is 465. The van der Waals surface area contributed by atoms with Gasteiger partial charge < -0.3 is 20.4 Å². The molecule has 2 heterocycles. The Morgan fingerprint density at radius 1 is 1.63 bits per heavy atom. The number of hydrogen-bond acceptors (Lipinski definition) is 5. The summed E-state index contributed by atoms with van der Waals surface area (Å²) in [4.78, 5) is 28.3. The zero-order valence-electron chi connectivity index (χ0n) is 10.3. The van der Waals surface area contributed by atoms with Gasteiger partial charge in [0.15, 0.2) is 0 Å². The van der Waals surface area contributed by atoms with E-state index in [0.29, 0.717) is 0 Å². The normalized spacial score (nSPS) is 24.2. The highest BCUT2D eigenvalue weighted by molar-refractivity contribution is 7.09. The van der Waals surface area contributed by atoms with Gasteiger partial charge in [0.2, 0.25) is 0 Å². The van der Waals surface area contributed by atoms with Crippen molar-refractivity contribution in [3.8, 4) is 0 Å². The lowest BCUT2D eigenvalue weighted by atomic mass is 10.2. The van der Waals surface area contributed by atoms with Crippen LogP contribution in [-0.4, -0.2) is 50.8 Å². The van der Waals surface area contributed by atoms with E-state index >= 15 is 0 Å². The molecule has 1 fully saturated rings. The first-order valence-electron chi connectivity index (χ1n) is 5.86. The smallest absolute Gasteiger partial charge is 0.326 e.